The molecule has 33 heteroatoms. The summed E-state index contributed by atoms with van der Waals surface area (Å²) < 4.78 is 26.3. The van der Waals surface area contributed by atoms with Crippen LogP contribution in [0.1, 0.15) is 56.2 Å². The number of benzene rings is 9. The van der Waals surface area contributed by atoms with Crippen molar-refractivity contribution in [3.05, 3.63) is 366 Å². The third kappa shape index (κ3) is 24.4. The molecule has 0 saturated heterocycles. The number of fused-ring (bicyclic) bond motifs is 1. The van der Waals surface area contributed by atoms with Gasteiger partial charge in [0.2, 0.25) is 0 Å². The van der Waals surface area contributed by atoms with Gasteiger partial charge in [0.1, 0.15) is 16.6 Å². The van der Waals surface area contributed by atoms with Gasteiger partial charge >= 0.3 is 99.0 Å². The van der Waals surface area contributed by atoms with E-state index in [4.69, 9.17) is 14.7 Å². The van der Waals surface area contributed by atoms with Crippen LogP contribution in [0.2, 0.25) is 0 Å². The van der Waals surface area contributed by atoms with Crippen molar-refractivity contribution in [3.63, 3.8) is 0 Å². The van der Waals surface area contributed by atoms with Gasteiger partial charge in [-0.05, 0) is 237 Å². The molecule has 0 atom stereocenters. The molecule has 624 valence electrons. The fourth-order valence-electron chi connectivity index (χ4n) is 14.0. The standard InChI is InChI=1S/C23H17N4.C17H13N6O.C16H14N3.C15H14FN4.C15H15N4.C13H10N3S.4Al.Be.Zn/c1-16-9-5-6-12-18(16)20-15-24-22(25-20)23-26-19-13-7-8-14-21(19)27(23)17-10-3-2-4-11-17;1-24-14-9-7-12(8-10-14)15-11-18-16(19-15)17-20-21-22-23(17)13-5-3-2-4-6-13;1-11-7-12(2)9-13(8-11)16-18-10-15(19-16)14-5-3-4-6-17-14;1-9-5-4-6-12(7-9)13-14(16)18-15(17-13)20-11(3)8-10(2)19-20;1-10-5-4-6-13(7-10)15-16-9-14(17-15)19-12(3)8-11(2)18-19;1-9-3-2-4-10(7-9)11-8-15-12(16-11)13-14-5-6-17-13;;;;;;/h2-15H,1H3;2-11H,1H3;3-10H,1-2H3;4-8H,1-3H3;4-9H,1-3H3;2-8H,1H3;;;;;;/q6*-1;4*+3;2*+2. The maximum absolute atomic E-state index is 14.0. The quantitative estimate of drug-likeness (QED) is 0.0861. The van der Waals surface area contributed by atoms with Crippen molar-refractivity contribution in [2.45, 2.75) is 69.2 Å². The van der Waals surface area contributed by atoms with Crippen molar-refractivity contribution in [1.82, 2.24) is 119 Å². The zero-order chi connectivity index (χ0) is 87.2. The summed E-state index contributed by atoms with van der Waals surface area (Å²) in [6.45, 7) is 20.1. The van der Waals surface area contributed by atoms with Gasteiger partial charge in [0.05, 0.1) is 35.2 Å². The molecule has 21 aromatic rings. The molecule has 0 aliphatic rings. The first-order valence-corrected chi connectivity index (χ1v) is 41.2. The largest absolute Gasteiger partial charge is 3.00 e. The summed E-state index contributed by atoms with van der Waals surface area (Å²) in [7, 11) is 1.64. The van der Waals surface area contributed by atoms with Gasteiger partial charge in [0.25, 0.3) is 0 Å². The van der Waals surface area contributed by atoms with Crippen LogP contribution in [-0.2, 0) is 19.5 Å². The molecule has 25 nitrogen and oxygen atoms in total. The number of aryl methyl sites for hydroxylation is 10. The number of nitrogens with zero attached hydrogens (tertiary/aromatic N) is 24. The maximum Gasteiger partial charge on any atom is 3.00 e. The third-order valence-electron chi connectivity index (χ3n) is 19.9. The Morgan fingerprint density at radius 2 is 0.917 bits per heavy atom. The van der Waals surface area contributed by atoms with E-state index in [0.29, 0.717) is 23.3 Å². The number of rotatable bonds is 15. The summed E-state index contributed by atoms with van der Waals surface area (Å²) in [5.74, 6) is 5.83. The summed E-state index contributed by atoms with van der Waals surface area (Å²) in [5.41, 5.74) is 25.2. The second-order valence-corrected chi connectivity index (χ2v) is 30.5. The summed E-state index contributed by atoms with van der Waals surface area (Å²) >= 11 is 1.55. The summed E-state index contributed by atoms with van der Waals surface area (Å²) in [5, 5.41) is 23.3. The number of hydrogen-bond donors (Lipinski definition) is 0. The zero-order valence-corrected chi connectivity index (χ0v) is 82.9. The van der Waals surface area contributed by atoms with Crippen LogP contribution in [0.25, 0.3) is 147 Å². The number of hydrogen-bond acceptors (Lipinski definition) is 16. The van der Waals surface area contributed by atoms with Gasteiger partial charge in [-0.25, -0.2) is 24.1 Å². The molecular formula is C99H83Al4BeFN24OSZn+10. The van der Waals surface area contributed by atoms with Crippen LogP contribution in [0.15, 0.2) is 304 Å². The Kier molecular flexibility index (Phi) is 35.8. The van der Waals surface area contributed by atoms with Crippen molar-refractivity contribution in [2.24, 2.45) is 0 Å². The van der Waals surface area contributed by atoms with E-state index < -0.39 is 5.95 Å². The molecule has 0 N–H and O–H groups in total. The number of ether oxygens (including phenoxy) is 1. The van der Waals surface area contributed by atoms with Crippen LogP contribution in [0.5, 0.6) is 5.75 Å². The number of pyridine rings is 1. The minimum absolute atomic E-state index is 0. The molecule has 0 bridgehead atoms. The van der Waals surface area contributed by atoms with E-state index in [1.807, 2.05) is 233 Å². The molecule has 132 heavy (non-hydrogen) atoms. The molecule has 12 heterocycles. The van der Waals surface area contributed by atoms with E-state index in [9.17, 15) is 4.39 Å². The fourth-order valence-corrected chi connectivity index (χ4v) is 14.6. The first kappa shape index (κ1) is 101. The topological polar surface area (TPSA) is 294 Å². The van der Waals surface area contributed by atoms with Crippen molar-refractivity contribution in [1.29, 1.82) is 0 Å². The van der Waals surface area contributed by atoms with Gasteiger partial charge in [0, 0.05) is 52.3 Å². The Bertz CT molecular complexity index is 7210. The molecule has 0 aliphatic carbocycles. The third-order valence-corrected chi connectivity index (χ3v) is 20.6. The van der Waals surface area contributed by atoms with E-state index in [1.165, 1.54) is 27.8 Å². The number of aromatic nitrogens is 24. The van der Waals surface area contributed by atoms with Crippen LogP contribution in [-0.4, -0.2) is 176 Å². The molecule has 0 radical (unpaired) electrons. The first-order chi connectivity index (χ1) is 61.4. The van der Waals surface area contributed by atoms with Gasteiger partial charge in [-0.2, -0.15) is 9.78 Å². The smallest absolute Gasteiger partial charge is 0.497 e. The molecule has 0 amide bonds. The number of thiazole rings is 1. The second-order valence-electron chi connectivity index (χ2n) is 29.6. The molecule has 0 aliphatic heterocycles. The van der Waals surface area contributed by atoms with E-state index in [2.05, 4.69) is 202 Å². The fraction of sp³-hybridized carbons (Fsp3) is 0.111. The number of tetrazole rings is 1. The Hall–Kier alpha value is -13.4. The van der Waals surface area contributed by atoms with Gasteiger partial charge in [-0.1, -0.05) is 252 Å². The maximum atomic E-state index is 14.0. The number of imidazole rings is 7. The first-order valence-electron chi connectivity index (χ1n) is 40.3. The summed E-state index contributed by atoms with van der Waals surface area (Å²) in [4.78, 5) is 66.5. The normalized spacial score (nSPS) is 10.4. The van der Waals surface area contributed by atoms with E-state index in [1.54, 1.807) is 65.0 Å². The Labute approximate surface area is 826 Å². The summed E-state index contributed by atoms with van der Waals surface area (Å²) in [6.07, 6.45) is 12.4. The van der Waals surface area contributed by atoms with Gasteiger partial charge in [-0.15, -0.1) is 16.4 Å². The van der Waals surface area contributed by atoms with Crippen LogP contribution in [0, 0.1) is 75.2 Å². The second kappa shape index (κ2) is 46.9. The van der Waals surface area contributed by atoms with Gasteiger partial charge in [0.15, 0.2) is 11.8 Å². The van der Waals surface area contributed by atoms with Crippen molar-refractivity contribution >= 4 is 102 Å². The Morgan fingerprint density at radius 3 is 1.55 bits per heavy atom. The molecule has 21 rings (SSSR count). The average molecular weight is 1860 g/mol. The van der Waals surface area contributed by atoms with Crippen LogP contribution >= 0.6 is 11.3 Å². The SMILES string of the molecule is COc1ccc(-c2c[n-]c(-c3nnnn3-c3ccccc3)n2)cc1.Cc1cc(C)cc(-c2nc(-c3ccccn3)c[n-]2)c1.Cc1cccc(-c2[n-]c(-n3nc(C)cc3C)nc2F)c1.Cc1cccc(-c2c[n-]c(-c3nccs3)n2)c1.Cc1cccc(-c2nc(-n3nc(C)cc3C)c[n-]2)c1.Cc1ccccc1-c1c[n-]c(-c2nc3ccccc3n2-c2ccccc2)n1.[Al+3].[Al+3].[Al+3].[Al+3].[Be+2].[Zn+2]. The summed E-state index contributed by atoms with van der Waals surface area (Å²) in [6, 6.07) is 83.9. The molecule has 0 saturated carbocycles. The molecule has 12 aromatic heterocycles. The number of methoxy groups -OCH3 is 1. The molecule has 9 aromatic carbocycles. The molecular weight excluding hydrogens is 1770 g/mol. The number of para-hydroxylation sites is 4. The van der Waals surface area contributed by atoms with E-state index >= 15 is 0 Å². The van der Waals surface area contributed by atoms with Crippen LogP contribution < -0.4 is 34.6 Å². The zero-order valence-electron chi connectivity index (χ0n) is 74.5. The van der Waals surface area contributed by atoms with Crippen molar-refractivity contribution in [3.8, 4) is 142 Å². The van der Waals surface area contributed by atoms with Crippen LogP contribution in [0.3, 0.4) is 0 Å². The predicted molar refractivity (Wildman–Crippen MR) is 517 cm³/mol. The Morgan fingerprint density at radius 1 is 0.386 bits per heavy atom. The monoisotopic (exact) mass is 1860 g/mol. The van der Waals surface area contributed by atoms with Crippen LogP contribution in [0.4, 0.5) is 4.39 Å². The van der Waals surface area contributed by atoms with Crippen molar-refractivity contribution < 1.29 is 28.6 Å². The van der Waals surface area contributed by atoms with Crippen molar-refractivity contribution in [2.75, 3.05) is 7.11 Å². The van der Waals surface area contributed by atoms with Gasteiger partial charge in [-0.3, -0.25) is 9.55 Å². The number of halogens is 1. The molecule has 0 fully saturated rings. The van der Waals surface area contributed by atoms with E-state index in [-0.39, 0.29) is 111 Å². The minimum atomic E-state index is -0.571. The van der Waals surface area contributed by atoms with E-state index in [0.717, 1.165) is 147 Å². The molecule has 0 unspecified atom stereocenters. The minimum Gasteiger partial charge on any atom is -0.497 e. The Balaban J connectivity index is 0.000000164. The molecule has 0 spiro atoms. The average Bonchev–Trinajstić information content (AvgIpc) is 1.61. The van der Waals surface area contributed by atoms with Gasteiger partial charge < -0.3 is 69.2 Å². The predicted octanol–water partition coefficient (Wildman–Crippen LogP) is 17.8.